The van der Waals surface area contributed by atoms with Crippen LogP contribution in [-0.4, -0.2) is 62.9 Å². The Labute approximate surface area is 196 Å². The van der Waals surface area contributed by atoms with Crippen molar-refractivity contribution in [1.82, 2.24) is 14.9 Å². The number of carbonyl (C=O) groups is 2. The summed E-state index contributed by atoms with van der Waals surface area (Å²) in [6.45, 7) is 1.49. The third-order valence-electron chi connectivity index (χ3n) is 4.75. The monoisotopic (exact) mass is 519 g/mol. The van der Waals surface area contributed by atoms with Gasteiger partial charge >= 0.3 is 5.69 Å². The molecule has 6 atom stereocenters. The lowest BCUT2D eigenvalue weighted by Crippen LogP contribution is -2.38. The Hall–Kier alpha value is -1.49. The molecule has 0 spiro atoms. The fourth-order valence-corrected chi connectivity index (χ4v) is 3.89. The summed E-state index contributed by atoms with van der Waals surface area (Å²) in [5, 5.41) is 23.1. The highest BCUT2D eigenvalue weighted by Crippen LogP contribution is 2.53. The Bertz CT molecular complexity index is 1020. The van der Waals surface area contributed by atoms with Gasteiger partial charge in [-0.3, -0.25) is 19.1 Å². The van der Waals surface area contributed by atoms with Crippen molar-refractivity contribution in [2.24, 2.45) is 0 Å². The number of H-pyrrole nitrogens is 1. The van der Waals surface area contributed by atoms with Gasteiger partial charge in [0.1, 0.15) is 29.7 Å². The lowest BCUT2D eigenvalue weighted by molar-refractivity contribution is -0.121. The number of ether oxygens (including phenoxy) is 1. The normalized spacial score (nSPS) is 22.1. The third-order valence-corrected chi connectivity index (χ3v) is 6.09. The Morgan fingerprint density at radius 1 is 1.27 bits per heavy atom. The van der Waals surface area contributed by atoms with Crippen LogP contribution in [0.25, 0.3) is 0 Å². The molecule has 4 N–H and O–H groups in total. The number of aromatic amines is 1. The van der Waals surface area contributed by atoms with E-state index in [1.807, 2.05) is 0 Å². The van der Waals surface area contributed by atoms with Crippen molar-refractivity contribution in [3.05, 3.63) is 32.6 Å². The van der Waals surface area contributed by atoms with E-state index in [1.54, 1.807) is 0 Å². The van der Waals surface area contributed by atoms with E-state index in [0.29, 0.717) is 19.3 Å². The first-order valence-corrected chi connectivity index (χ1v) is 14.6. The van der Waals surface area contributed by atoms with Crippen LogP contribution in [0, 0.1) is 11.8 Å². The van der Waals surface area contributed by atoms with Gasteiger partial charge in [-0.15, -0.1) is 0 Å². The molecule has 1 saturated heterocycles. The topological polar surface area (TPSA) is 160 Å². The maximum atomic E-state index is 12.3. The van der Waals surface area contributed by atoms with E-state index < -0.39 is 43.3 Å². The largest absolute Gasteiger partial charge is 0.387 e. The second-order valence-electron chi connectivity index (χ2n) is 7.40. The summed E-state index contributed by atoms with van der Waals surface area (Å²) in [6.07, 6.45) is -1.76. The molecule has 0 radical (unpaired) electrons. The van der Waals surface area contributed by atoms with E-state index in [0.717, 1.165) is 10.8 Å². The van der Waals surface area contributed by atoms with Crippen LogP contribution >= 0.6 is 25.4 Å². The molecule has 0 saturated carbocycles. The van der Waals surface area contributed by atoms with Gasteiger partial charge in [0.25, 0.3) is 5.56 Å². The number of Topliss-reactive ketones (excluding diaryl/α,β-unsaturated/α-hetero) is 1. The number of unbranched alkanes of at least 4 members (excludes halogenated alkanes) is 1. The Balaban J connectivity index is 2.02. The number of aromatic nitrogens is 2. The number of ketones is 1. The molecule has 0 bridgehead atoms. The molecule has 1 aliphatic rings. The van der Waals surface area contributed by atoms with Crippen molar-refractivity contribution in [3.8, 4) is 11.8 Å². The maximum Gasteiger partial charge on any atom is 0.330 e. The van der Waals surface area contributed by atoms with E-state index in [2.05, 4.69) is 40.0 Å². The summed E-state index contributed by atoms with van der Waals surface area (Å²) >= 11 is 0. The predicted molar refractivity (Wildman–Crippen MR) is 129 cm³/mol. The zero-order valence-corrected chi connectivity index (χ0v) is 21.2. The molecule has 0 aliphatic carbocycles. The zero-order chi connectivity index (χ0) is 24.5. The summed E-state index contributed by atoms with van der Waals surface area (Å²) in [5.74, 6) is 5.07. The molecule has 182 valence electrons. The smallest absolute Gasteiger partial charge is 0.330 e. The van der Waals surface area contributed by atoms with Crippen molar-refractivity contribution in [2.75, 3.05) is 13.2 Å². The molecule has 1 amide bonds. The predicted octanol–water partition coefficient (Wildman–Crippen LogP) is -0.233. The molecule has 33 heavy (non-hydrogen) atoms. The van der Waals surface area contributed by atoms with Gasteiger partial charge in [0.2, 0.25) is 5.91 Å². The van der Waals surface area contributed by atoms with Gasteiger partial charge in [0, 0.05) is 19.0 Å². The number of nitrogens with zero attached hydrogens (tertiary/aromatic N) is 1. The molecule has 1 aliphatic heterocycles. The fourth-order valence-electron chi connectivity index (χ4n) is 3.05. The summed E-state index contributed by atoms with van der Waals surface area (Å²) in [7, 11) is 4.03. The van der Waals surface area contributed by atoms with Gasteiger partial charge in [-0.1, -0.05) is 29.7 Å². The van der Waals surface area contributed by atoms with Crippen molar-refractivity contribution < 1.29 is 29.1 Å². The maximum absolute atomic E-state index is 12.3. The Kier molecular flexibility index (Phi) is 11.3. The molecule has 3 unspecified atom stereocenters. The average molecular weight is 519 g/mol. The minimum atomic E-state index is -1.43. The van der Waals surface area contributed by atoms with Crippen LogP contribution in [0.15, 0.2) is 15.8 Å². The van der Waals surface area contributed by atoms with Crippen LogP contribution in [0.1, 0.15) is 44.4 Å². The summed E-state index contributed by atoms with van der Waals surface area (Å²) in [6, 6.07) is 0. The van der Waals surface area contributed by atoms with Gasteiger partial charge in [-0.2, -0.15) is 0 Å². The number of aliphatic hydroxyl groups excluding tert-OH is 2. The molecule has 14 heteroatoms. The fraction of sp³-hybridized carbons (Fsp3) is 0.579. The van der Waals surface area contributed by atoms with E-state index in [9.17, 15) is 29.4 Å². The first-order valence-electron chi connectivity index (χ1n) is 10.1. The number of aliphatic hydroxyl groups is 2. The van der Waals surface area contributed by atoms with Crippen molar-refractivity contribution in [1.29, 1.82) is 0 Å². The second kappa shape index (κ2) is 13.4. The van der Waals surface area contributed by atoms with Gasteiger partial charge < -0.3 is 29.6 Å². The lowest BCUT2D eigenvalue weighted by atomic mass is 10.1. The SMILES string of the molecule is CC(=O)CCCCC(=O)NCC#Cc1cn([C@@H]2O[C@H](COP(P)P)C(O)[C@@H]2O)c(=O)[nH]c1=O. The van der Waals surface area contributed by atoms with Gasteiger partial charge in [0.05, 0.1) is 20.7 Å². The second-order valence-corrected chi connectivity index (χ2v) is 13.2. The van der Waals surface area contributed by atoms with Crippen molar-refractivity contribution in [3.63, 3.8) is 0 Å². The highest BCUT2D eigenvalue weighted by molar-refractivity contribution is 8.41. The van der Waals surface area contributed by atoms with Gasteiger partial charge in [0.15, 0.2) is 6.23 Å². The molecule has 1 aromatic heterocycles. The van der Waals surface area contributed by atoms with Crippen LogP contribution in [0.4, 0.5) is 0 Å². The number of nitrogens with one attached hydrogen (secondary N) is 2. The van der Waals surface area contributed by atoms with Crippen LogP contribution in [0.2, 0.25) is 0 Å². The van der Waals surface area contributed by atoms with E-state index in [4.69, 9.17) is 9.26 Å². The summed E-state index contributed by atoms with van der Waals surface area (Å²) < 4.78 is 12.0. The molecular formula is C19H28N3O8P3. The third kappa shape index (κ3) is 8.66. The summed E-state index contributed by atoms with van der Waals surface area (Å²) in [4.78, 5) is 49.1. The number of amides is 1. The van der Waals surface area contributed by atoms with Crippen LogP contribution in [-0.2, 0) is 18.8 Å². The highest BCUT2D eigenvalue weighted by atomic mass is 32.4. The number of carbonyl (C=O) groups excluding carboxylic acids is 2. The number of hydrogen-bond acceptors (Lipinski definition) is 8. The molecule has 0 aromatic carbocycles. The van der Waals surface area contributed by atoms with Crippen LogP contribution < -0.4 is 16.6 Å². The number of hydrogen-bond donors (Lipinski definition) is 4. The van der Waals surface area contributed by atoms with Crippen molar-refractivity contribution >= 4 is 37.1 Å². The zero-order valence-electron chi connectivity index (χ0n) is 18.0. The van der Waals surface area contributed by atoms with Gasteiger partial charge in [-0.25, -0.2) is 4.79 Å². The minimum absolute atomic E-state index is 0.00659. The Morgan fingerprint density at radius 2 is 1.97 bits per heavy atom. The molecule has 1 aromatic rings. The molecule has 2 rings (SSSR count). The highest BCUT2D eigenvalue weighted by Gasteiger charge is 2.44. The first-order chi connectivity index (χ1) is 15.6. The van der Waals surface area contributed by atoms with Crippen LogP contribution in [0.5, 0.6) is 0 Å². The molecule has 1 fully saturated rings. The van der Waals surface area contributed by atoms with E-state index in [1.165, 1.54) is 6.92 Å². The molecular weight excluding hydrogens is 491 g/mol. The summed E-state index contributed by atoms with van der Waals surface area (Å²) in [5.41, 5.74) is -1.64. The van der Waals surface area contributed by atoms with E-state index >= 15 is 0 Å². The van der Waals surface area contributed by atoms with E-state index in [-0.39, 0.29) is 36.8 Å². The lowest BCUT2D eigenvalue weighted by Gasteiger charge is -2.17. The molecule has 2 heterocycles. The van der Waals surface area contributed by atoms with Crippen LogP contribution in [0.3, 0.4) is 0 Å². The molecule has 11 nitrogen and oxygen atoms in total. The average Bonchev–Trinajstić information content (AvgIpc) is 3.02. The Morgan fingerprint density at radius 3 is 2.64 bits per heavy atom. The minimum Gasteiger partial charge on any atom is -0.387 e. The quantitative estimate of drug-likeness (QED) is 0.187. The van der Waals surface area contributed by atoms with Gasteiger partial charge in [-0.05, 0) is 19.8 Å². The first kappa shape index (κ1) is 27.8. The standard InChI is InChI=1S/C19H28N3O8P3/c1-11(23)5-2-3-7-14(24)20-8-4-6-12-9-22(19(28)21-17(12)27)18-16(26)15(25)13(30-18)10-29-33(31)32/h9,13,15-16,18,25-26H,2-3,5,7-8,10,31-32H2,1H3,(H,20,24)(H,21,27,28)/t13-,15?,16+,18-/m1/s1. The number of rotatable bonds is 10. The van der Waals surface area contributed by atoms with Crippen molar-refractivity contribution in [2.45, 2.75) is 57.1 Å².